The molecule has 0 fully saturated rings. The molecule has 0 heterocycles. The van der Waals surface area contributed by atoms with Gasteiger partial charge in [0.15, 0.2) is 0 Å². The first-order chi connectivity index (χ1) is 10.8. The van der Waals surface area contributed by atoms with Crippen LogP contribution in [0.1, 0.15) is 12.8 Å². The smallest absolute Gasteiger partial charge is 0.342 e. The zero-order chi connectivity index (χ0) is 17.0. The number of hydrogen-bond donors (Lipinski definition) is 2. The first-order valence-corrected chi connectivity index (χ1v) is 8.22. The Morgan fingerprint density at radius 3 is 2.48 bits per heavy atom. The molecule has 2 aliphatic carbocycles. The molecule has 23 heavy (non-hydrogen) atoms. The van der Waals surface area contributed by atoms with Crippen LogP contribution < -0.4 is 11.5 Å². The summed E-state index contributed by atoms with van der Waals surface area (Å²) in [5.41, 5.74) is 11.6. The highest BCUT2D eigenvalue weighted by atomic mass is 32.2. The number of amides is 1. The molecule has 2 aliphatic rings. The Bertz CT molecular complexity index is 803. The number of carbonyl (C=O) groups excluding carboxylic acids is 2. The molecular formula is C15H16N2O5S. The summed E-state index contributed by atoms with van der Waals surface area (Å²) < 4.78 is 29.1. The molecule has 4 N–H and O–H groups in total. The van der Waals surface area contributed by atoms with Gasteiger partial charge in [-0.3, -0.25) is 4.79 Å². The fourth-order valence-electron chi connectivity index (χ4n) is 2.03. The van der Waals surface area contributed by atoms with Crippen LogP contribution in [0.4, 0.5) is 0 Å². The normalized spacial score (nSPS) is 12.7. The standard InChI is InChI=1S/C15H16N2O5S/c16-12(7-9-14(17)18)15(19)22-23(20,21)13-8-6-10-4-2-1-3-5-11(10)13/h1-6,8,12H,7,9,16H2,(H2,17,18)/t12-/m0/s1. The Morgan fingerprint density at radius 2 is 1.78 bits per heavy atom. The highest BCUT2D eigenvalue weighted by molar-refractivity contribution is 7.87. The van der Waals surface area contributed by atoms with Crippen LogP contribution in [0.5, 0.6) is 0 Å². The van der Waals surface area contributed by atoms with Gasteiger partial charge in [-0.2, -0.15) is 8.42 Å². The third-order valence-electron chi connectivity index (χ3n) is 3.22. The summed E-state index contributed by atoms with van der Waals surface area (Å²) in [6.07, 6.45) is -0.216. The van der Waals surface area contributed by atoms with E-state index in [1.807, 2.05) is 0 Å². The van der Waals surface area contributed by atoms with Crippen LogP contribution in [0.25, 0.3) is 11.1 Å². The molecule has 1 amide bonds. The molecule has 0 aromatic heterocycles. The summed E-state index contributed by atoms with van der Waals surface area (Å²) in [5.74, 6) is -1.76. The van der Waals surface area contributed by atoms with Crippen LogP contribution >= 0.6 is 0 Å². The Balaban J connectivity index is 2.19. The predicted molar refractivity (Wildman–Crippen MR) is 82.7 cm³/mol. The number of nitrogens with two attached hydrogens (primary N) is 2. The van der Waals surface area contributed by atoms with E-state index in [1.54, 1.807) is 36.4 Å². The van der Waals surface area contributed by atoms with E-state index in [-0.39, 0.29) is 17.7 Å². The zero-order valence-corrected chi connectivity index (χ0v) is 13.0. The molecule has 0 radical (unpaired) electrons. The molecular weight excluding hydrogens is 320 g/mol. The van der Waals surface area contributed by atoms with Crippen LogP contribution in [-0.2, 0) is 23.9 Å². The number of primary amides is 1. The summed E-state index contributed by atoms with van der Waals surface area (Å²) >= 11 is 0. The van der Waals surface area contributed by atoms with E-state index < -0.39 is 28.0 Å². The molecule has 1 atom stereocenters. The number of rotatable bonds is 6. The Kier molecular flexibility index (Phi) is 4.97. The van der Waals surface area contributed by atoms with Gasteiger partial charge >= 0.3 is 16.1 Å². The average molecular weight is 336 g/mol. The Morgan fingerprint density at radius 1 is 1.09 bits per heavy atom. The van der Waals surface area contributed by atoms with E-state index in [2.05, 4.69) is 4.18 Å². The van der Waals surface area contributed by atoms with Crippen molar-refractivity contribution in [3.63, 3.8) is 0 Å². The maximum atomic E-state index is 12.3. The van der Waals surface area contributed by atoms with Crippen LogP contribution in [0, 0.1) is 0 Å². The molecule has 2 rings (SSSR count). The van der Waals surface area contributed by atoms with Gasteiger partial charge in [0.25, 0.3) is 0 Å². The lowest BCUT2D eigenvalue weighted by Crippen LogP contribution is -2.34. The van der Waals surface area contributed by atoms with Crippen molar-refractivity contribution in [2.24, 2.45) is 11.5 Å². The largest absolute Gasteiger partial charge is 0.370 e. The second-order valence-electron chi connectivity index (χ2n) is 4.95. The minimum absolute atomic E-state index is 0.0829. The number of fused-ring (bicyclic) bond motifs is 1. The van der Waals surface area contributed by atoms with Gasteiger partial charge in [0.1, 0.15) is 10.9 Å². The molecule has 0 unspecified atom stereocenters. The minimum atomic E-state index is -4.30. The van der Waals surface area contributed by atoms with E-state index in [9.17, 15) is 18.0 Å². The summed E-state index contributed by atoms with van der Waals surface area (Å²) in [6, 6.07) is 10.3. The van der Waals surface area contributed by atoms with Crippen molar-refractivity contribution in [2.75, 3.05) is 0 Å². The van der Waals surface area contributed by atoms with Crippen molar-refractivity contribution in [1.29, 1.82) is 0 Å². The van der Waals surface area contributed by atoms with Crippen LogP contribution in [0.3, 0.4) is 0 Å². The van der Waals surface area contributed by atoms with Crippen LogP contribution in [0.15, 0.2) is 47.4 Å². The topological polar surface area (TPSA) is 130 Å². The first kappa shape index (κ1) is 16.9. The van der Waals surface area contributed by atoms with E-state index in [0.29, 0.717) is 11.1 Å². The molecule has 0 saturated carbocycles. The number of carbonyl (C=O) groups is 2. The third-order valence-corrected chi connectivity index (χ3v) is 4.50. The predicted octanol–water partition coefficient (Wildman–Crippen LogP) is 0.616. The lowest BCUT2D eigenvalue weighted by molar-refractivity contribution is -0.135. The Hall–Kier alpha value is -2.45. The van der Waals surface area contributed by atoms with Crippen molar-refractivity contribution in [2.45, 2.75) is 23.8 Å². The van der Waals surface area contributed by atoms with Crippen molar-refractivity contribution in [1.82, 2.24) is 0 Å². The molecule has 0 aromatic carbocycles. The maximum Gasteiger partial charge on any atom is 0.342 e. The Labute approximate surface area is 133 Å². The van der Waals surface area contributed by atoms with E-state index >= 15 is 0 Å². The number of hydrogen-bond acceptors (Lipinski definition) is 6. The molecule has 0 saturated heterocycles. The van der Waals surface area contributed by atoms with Gasteiger partial charge in [-0.1, -0.05) is 36.4 Å². The fourth-order valence-corrected chi connectivity index (χ4v) is 3.15. The fraction of sp³-hybridized carbons (Fsp3) is 0.200. The minimum Gasteiger partial charge on any atom is -0.370 e. The van der Waals surface area contributed by atoms with E-state index in [0.717, 1.165) is 0 Å². The van der Waals surface area contributed by atoms with Crippen molar-refractivity contribution >= 4 is 22.0 Å². The molecule has 122 valence electrons. The second-order valence-corrected chi connectivity index (χ2v) is 6.46. The molecule has 0 aliphatic heterocycles. The van der Waals surface area contributed by atoms with Crippen molar-refractivity contribution in [3.05, 3.63) is 42.5 Å². The van der Waals surface area contributed by atoms with Gasteiger partial charge in [-0.25, -0.2) is 4.79 Å². The van der Waals surface area contributed by atoms with Gasteiger partial charge in [0.05, 0.1) is 0 Å². The molecule has 0 bridgehead atoms. The first-order valence-electron chi connectivity index (χ1n) is 6.81. The molecule has 8 heteroatoms. The second kappa shape index (κ2) is 6.76. The maximum absolute atomic E-state index is 12.3. The highest BCUT2D eigenvalue weighted by Crippen LogP contribution is 2.31. The van der Waals surface area contributed by atoms with Crippen LogP contribution in [-0.4, -0.2) is 26.3 Å². The van der Waals surface area contributed by atoms with Gasteiger partial charge in [0, 0.05) is 12.0 Å². The zero-order valence-electron chi connectivity index (χ0n) is 12.1. The van der Waals surface area contributed by atoms with Crippen molar-refractivity contribution in [3.8, 4) is 11.1 Å². The highest BCUT2D eigenvalue weighted by Gasteiger charge is 2.28. The van der Waals surface area contributed by atoms with Gasteiger partial charge in [-0.05, 0) is 18.1 Å². The average Bonchev–Trinajstić information content (AvgIpc) is 2.75. The third kappa shape index (κ3) is 4.05. The lowest BCUT2D eigenvalue weighted by Gasteiger charge is -2.10. The van der Waals surface area contributed by atoms with E-state index in [4.69, 9.17) is 11.5 Å². The summed E-state index contributed by atoms with van der Waals surface area (Å²) in [5, 5.41) is 0. The summed E-state index contributed by atoms with van der Waals surface area (Å²) in [7, 11) is -4.30. The molecule has 0 aromatic rings. The summed E-state index contributed by atoms with van der Waals surface area (Å²) in [4.78, 5) is 22.3. The quantitative estimate of drug-likeness (QED) is 0.744. The van der Waals surface area contributed by atoms with Gasteiger partial charge in [-0.15, -0.1) is 0 Å². The SMILES string of the molecule is NC(=O)CC[C@H](N)C(=O)OS(=O)(=O)c1ccc2cccccc1-2. The monoisotopic (exact) mass is 336 g/mol. The van der Waals surface area contributed by atoms with Crippen molar-refractivity contribution < 1.29 is 22.2 Å². The van der Waals surface area contributed by atoms with E-state index in [1.165, 1.54) is 6.07 Å². The lowest BCUT2D eigenvalue weighted by atomic mass is 10.2. The van der Waals surface area contributed by atoms with Gasteiger partial charge in [0.2, 0.25) is 5.91 Å². The molecule has 0 spiro atoms. The summed E-state index contributed by atoms with van der Waals surface area (Å²) in [6.45, 7) is 0. The molecule has 7 nitrogen and oxygen atoms in total. The van der Waals surface area contributed by atoms with Crippen LogP contribution in [0.2, 0.25) is 0 Å². The van der Waals surface area contributed by atoms with Gasteiger partial charge < -0.3 is 15.7 Å².